The third-order valence-electron chi connectivity index (χ3n) is 8.49. The van der Waals surface area contributed by atoms with Crippen LogP contribution >= 0.6 is 31.7 Å². The Morgan fingerprint density at radius 3 is 0.409 bits per heavy atom. The van der Waals surface area contributed by atoms with Gasteiger partial charge in [-0.3, -0.25) is 0 Å². The van der Waals surface area contributed by atoms with Crippen molar-refractivity contribution in [3.05, 3.63) is 0 Å². The minimum Gasteiger partial charge on any atom is 0 e. The molecule has 0 nitrogen and oxygen atoms in total. The zero-order chi connectivity index (χ0) is 35.8. The van der Waals surface area contributed by atoms with Gasteiger partial charge in [0.25, 0.3) is 0 Å². The molecule has 0 aliphatic rings. The van der Waals surface area contributed by atoms with Crippen molar-refractivity contribution >= 4 is 31.7 Å². The summed E-state index contributed by atoms with van der Waals surface area (Å²) in [5.74, 6) is 0. The van der Waals surface area contributed by atoms with Gasteiger partial charge in [-0.2, -0.15) is 0 Å². The molecule has 0 N–H and O–H groups in total. The van der Waals surface area contributed by atoms with Crippen LogP contribution in [0, 0.1) is 20.2 Å². The maximum absolute atomic E-state index is 4.11. The minimum absolute atomic E-state index is 0. The first-order valence-electron chi connectivity index (χ1n) is 16.7. The predicted molar refractivity (Wildman–Crippen MR) is 214 cm³/mol. The van der Waals surface area contributed by atoms with Gasteiger partial charge in [0.1, 0.15) is 0 Å². The molecular formula is C36H86Cl2Cu2P4+6. The molecule has 0 aromatic heterocycles. The van der Waals surface area contributed by atoms with Gasteiger partial charge in [0.2, 0.25) is 0 Å². The second-order valence-corrected chi connectivity index (χ2v) is 40.6. The van der Waals surface area contributed by atoms with Gasteiger partial charge >= 0.3 is 33.3 Å². The fourth-order valence-electron chi connectivity index (χ4n) is 8.00. The van der Waals surface area contributed by atoms with Crippen molar-refractivity contribution in [1.29, 1.82) is 0 Å². The van der Waals surface area contributed by atoms with Crippen LogP contribution in [0.4, 0.5) is 0 Å². The Balaban J connectivity index is -0.000000326. The maximum atomic E-state index is 4.11. The summed E-state index contributed by atoms with van der Waals surface area (Å²) in [7, 11) is 6.77. The van der Waals surface area contributed by atoms with Gasteiger partial charge in [0.15, 0.2) is 0 Å². The summed E-state index contributed by atoms with van der Waals surface area (Å²) < 4.78 is 0. The van der Waals surface area contributed by atoms with Crippen molar-refractivity contribution in [3.63, 3.8) is 0 Å². The summed E-state index contributed by atoms with van der Waals surface area (Å²) in [5.41, 5.74) is 0. The molecule has 0 aliphatic carbocycles. The van der Waals surface area contributed by atoms with E-state index in [9.17, 15) is 0 Å². The summed E-state index contributed by atoms with van der Waals surface area (Å²) in [6, 6.07) is 0. The van der Waals surface area contributed by atoms with Gasteiger partial charge in [0.05, 0.1) is 65.9 Å². The van der Waals surface area contributed by atoms with Crippen molar-refractivity contribution in [1.82, 2.24) is 0 Å². The third-order valence-corrected chi connectivity index (χ3v) is 27.0. The minimum atomic E-state index is -0.364. The Morgan fingerprint density at radius 1 is 0.295 bits per heavy atom. The molecule has 0 rings (SSSR count). The van der Waals surface area contributed by atoms with Crippen LogP contribution in [-0.2, 0) is 30.2 Å². The molecule has 0 aliphatic heterocycles. The van der Waals surface area contributed by atoms with Crippen LogP contribution in [0.1, 0.15) is 166 Å². The molecule has 44 heavy (non-hydrogen) atoms. The molecule has 0 heterocycles. The molecule has 0 bridgehead atoms. The molecule has 1 radical (unpaired) electrons. The van der Waals surface area contributed by atoms with E-state index in [1.807, 2.05) is 0 Å². The number of halogens is 2. The van der Waals surface area contributed by atoms with E-state index in [1.54, 1.807) is 0 Å². The van der Waals surface area contributed by atoms with Crippen molar-refractivity contribution in [3.8, 4) is 0 Å². The first-order chi connectivity index (χ1) is 18.4. The summed E-state index contributed by atoms with van der Waals surface area (Å²) in [6.07, 6.45) is 5.95. The number of hydrogen-bond donors (Lipinski definition) is 0. The van der Waals surface area contributed by atoms with Crippen LogP contribution in [0.2, 0.25) is 0 Å². The molecular weight excluding hydrogens is 754 g/mol. The molecule has 0 atom stereocenters. The number of rotatable bonds is 6. The second-order valence-electron chi connectivity index (χ2n) is 21.0. The Hall–Kier alpha value is 3.34. The van der Waals surface area contributed by atoms with Gasteiger partial charge in [-0.05, 0) is 166 Å². The molecule has 0 saturated carbocycles. The second kappa shape index (κ2) is 20.4. The van der Waals surface area contributed by atoms with E-state index in [0.29, 0.717) is 41.2 Å². The van der Waals surface area contributed by atoms with E-state index in [1.165, 1.54) is 24.6 Å². The van der Waals surface area contributed by atoms with E-state index in [4.69, 9.17) is 0 Å². The Bertz CT molecular complexity index is 565. The normalized spacial score (nSPS) is 14.4. The zero-order valence-electron chi connectivity index (χ0n) is 34.2. The Labute approximate surface area is 311 Å². The quantitative estimate of drug-likeness (QED) is 0.185. The van der Waals surface area contributed by atoms with E-state index in [2.05, 4.69) is 186 Å². The molecule has 0 aromatic rings. The van der Waals surface area contributed by atoms with Crippen molar-refractivity contribution in [2.24, 2.45) is 0 Å². The van der Waals surface area contributed by atoms with Crippen molar-refractivity contribution in [2.75, 3.05) is 24.6 Å². The third kappa shape index (κ3) is 23.7. The summed E-state index contributed by atoms with van der Waals surface area (Å²) >= 11 is 0.979. The standard InChI is InChI=1S/2C18H40P2.2ClH.2Cu/c2*1-15(2,3)19(16(4,5)6)13-14-20(17(7,8)9)18(10,11)12;;;;/h2*13-14H2,1-12H3;2*1H;;/q;;;;;+2/p+4. The van der Waals surface area contributed by atoms with Gasteiger partial charge in [-0.25, -0.2) is 0 Å². The van der Waals surface area contributed by atoms with Crippen molar-refractivity contribution < 1.29 is 50.4 Å². The average molecular weight is 841 g/mol. The summed E-state index contributed by atoms with van der Waals surface area (Å²) in [5, 5.41) is 4.04. The molecule has 0 amide bonds. The van der Waals surface area contributed by atoms with Gasteiger partial charge in [-0.15, -0.1) is 0 Å². The molecule has 0 spiro atoms. The number of hydrogen-bond acceptors (Lipinski definition) is 0. The first kappa shape index (κ1) is 54.1. The predicted octanol–water partition coefficient (Wildman–Crippen LogP) is 12.7. The molecule has 280 valence electrons. The van der Waals surface area contributed by atoms with E-state index < -0.39 is 0 Å². The van der Waals surface area contributed by atoms with Crippen LogP contribution in [-0.4, -0.2) is 65.9 Å². The maximum Gasteiger partial charge on any atom is 0 e. The largest absolute Gasteiger partial charge is 0 e. The van der Waals surface area contributed by atoms with Gasteiger partial charge < -0.3 is 0 Å². The van der Waals surface area contributed by atoms with Gasteiger partial charge in [0, 0.05) is 48.8 Å². The van der Waals surface area contributed by atoms with E-state index in [0.717, 1.165) is 13.1 Å². The Kier molecular flexibility index (Phi) is 25.1. The smallest absolute Gasteiger partial charge is 0 e. The van der Waals surface area contributed by atoms with Crippen LogP contribution in [0.15, 0.2) is 0 Å². The molecule has 0 unspecified atom stereocenters. The summed E-state index contributed by atoms with van der Waals surface area (Å²) in [4.78, 5) is 0. The monoisotopic (exact) mass is 838 g/mol. The summed E-state index contributed by atoms with van der Waals surface area (Å²) in [6.45, 7) is 59.2. The molecule has 0 aromatic carbocycles. The van der Waals surface area contributed by atoms with Crippen LogP contribution in [0.5, 0.6) is 0 Å². The SMILES string of the molecule is CC(C)(C)[PH+](CC[PH+](C(C)(C)C)C(C)(C)C)C(C)(C)C.CC(C)(C)[PH+](CC[PH+](C(C)(C)C)C(C)(C)C)C(C)(C)C.[ClH+][Cu][ClH+].[Cu]. The van der Waals surface area contributed by atoms with E-state index >= 15 is 0 Å². The first-order valence-corrected chi connectivity index (χ1v) is 26.3. The molecule has 0 saturated heterocycles. The fraction of sp³-hybridized carbons (Fsp3) is 1.00. The zero-order valence-corrected chi connectivity index (χ0v) is 41.8. The fourth-order valence-corrected chi connectivity index (χ4v) is 27.0. The van der Waals surface area contributed by atoms with Gasteiger partial charge in [-0.1, -0.05) is 0 Å². The van der Waals surface area contributed by atoms with E-state index in [-0.39, 0.29) is 48.8 Å². The topological polar surface area (TPSA) is 0 Å². The van der Waals surface area contributed by atoms with Crippen LogP contribution in [0.25, 0.3) is 0 Å². The van der Waals surface area contributed by atoms with Crippen molar-refractivity contribution in [2.45, 2.75) is 207 Å². The van der Waals surface area contributed by atoms with Crippen LogP contribution < -0.4 is 0 Å². The van der Waals surface area contributed by atoms with Crippen LogP contribution in [0.3, 0.4) is 0 Å². The molecule has 0 fully saturated rings. The molecule has 8 heteroatoms. The Morgan fingerprint density at radius 2 is 0.364 bits per heavy atom. The average Bonchev–Trinajstić information content (AvgIpc) is 2.61.